The van der Waals surface area contributed by atoms with Gasteiger partial charge < -0.3 is 4.57 Å². The van der Waals surface area contributed by atoms with Gasteiger partial charge in [-0.1, -0.05) is 18.5 Å². The van der Waals surface area contributed by atoms with Gasteiger partial charge >= 0.3 is 0 Å². The van der Waals surface area contributed by atoms with Crippen LogP contribution < -0.4 is 0 Å². The standard InChI is InChI=1S/C12H15ClN4O/c1-4-8-11(13)9(17(3)15-8)7-10(18)12-14-5-6-16(12)2/h5-6H,4,7H2,1-3H3. The summed E-state index contributed by atoms with van der Waals surface area (Å²) in [6.45, 7) is 1.98. The molecule has 2 aromatic heterocycles. The zero-order chi connectivity index (χ0) is 13.3. The molecule has 96 valence electrons. The molecule has 0 N–H and O–H groups in total. The van der Waals surface area contributed by atoms with Crippen LogP contribution in [0.3, 0.4) is 0 Å². The Morgan fingerprint density at radius 2 is 2.17 bits per heavy atom. The van der Waals surface area contributed by atoms with Gasteiger partial charge in [-0.3, -0.25) is 9.48 Å². The maximum absolute atomic E-state index is 12.1. The van der Waals surface area contributed by atoms with Gasteiger partial charge in [-0.15, -0.1) is 0 Å². The lowest BCUT2D eigenvalue weighted by molar-refractivity contribution is 0.0978. The number of hydrogen-bond acceptors (Lipinski definition) is 3. The van der Waals surface area contributed by atoms with Crippen LogP contribution in [0.1, 0.15) is 28.9 Å². The fraction of sp³-hybridized carbons (Fsp3) is 0.417. The van der Waals surface area contributed by atoms with Crippen LogP contribution in [0, 0.1) is 0 Å². The average Bonchev–Trinajstić information content (AvgIpc) is 2.87. The predicted octanol–water partition coefficient (Wildman–Crippen LogP) is 1.79. The molecular formula is C12H15ClN4O. The van der Waals surface area contributed by atoms with Crippen molar-refractivity contribution in [2.75, 3.05) is 0 Å². The summed E-state index contributed by atoms with van der Waals surface area (Å²) in [4.78, 5) is 16.2. The number of nitrogens with zero attached hydrogens (tertiary/aromatic N) is 4. The van der Waals surface area contributed by atoms with Crippen molar-refractivity contribution in [3.63, 3.8) is 0 Å². The first-order chi connectivity index (χ1) is 8.54. The summed E-state index contributed by atoms with van der Waals surface area (Å²) in [5.41, 5.74) is 1.56. The van der Waals surface area contributed by atoms with E-state index in [1.165, 1.54) is 0 Å². The lowest BCUT2D eigenvalue weighted by Crippen LogP contribution is -2.12. The number of carbonyl (C=O) groups is 1. The van der Waals surface area contributed by atoms with Gasteiger partial charge in [0.2, 0.25) is 5.78 Å². The largest absolute Gasteiger partial charge is 0.332 e. The van der Waals surface area contributed by atoms with Crippen molar-refractivity contribution >= 4 is 17.4 Å². The number of aryl methyl sites for hydroxylation is 3. The van der Waals surface area contributed by atoms with Crippen LogP contribution in [0.4, 0.5) is 0 Å². The van der Waals surface area contributed by atoms with E-state index in [1.54, 1.807) is 35.7 Å². The second-order valence-electron chi connectivity index (χ2n) is 4.15. The molecule has 0 atom stereocenters. The highest BCUT2D eigenvalue weighted by molar-refractivity contribution is 6.32. The van der Waals surface area contributed by atoms with Crippen LogP contribution in [0.25, 0.3) is 0 Å². The van der Waals surface area contributed by atoms with E-state index in [1.807, 2.05) is 6.92 Å². The Balaban J connectivity index is 2.27. The quantitative estimate of drug-likeness (QED) is 0.793. The third-order valence-corrected chi connectivity index (χ3v) is 3.34. The van der Waals surface area contributed by atoms with Gasteiger partial charge in [0.1, 0.15) is 0 Å². The minimum absolute atomic E-state index is 0.0601. The van der Waals surface area contributed by atoms with Gasteiger partial charge in [0.25, 0.3) is 0 Å². The lowest BCUT2D eigenvalue weighted by Gasteiger charge is -2.02. The Bertz CT molecular complexity index is 585. The number of imidazole rings is 1. The smallest absolute Gasteiger partial charge is 0.204 e. The Morgan fingerprint density at radius 1 is 1.44 bits per heavy atom. The van der Waals surface area contributed by atoms with Crippen molar-refractivity contribution in [2.24, 2.45) is 14.1 Å². The molecule has 5 nitrogen and oxygen atoms in total. The minimum Gasteiger partial charge on any atom is -0.332 e. The molecular weight excluding hydrogens is 252 g/mol. The molecule has 2 heterocycles. The third-order valence-electron chi connectivity index (χ3n) is 2.90. The monoisotopic (exact) mass is 266 g/mol. The van der Waals surface area contributed by atoms with Crippen molar-refractivity contribution in [1.82, 2.24) is 19.3 Å². The number of hydrogen-bond donors (Lipinski definition) is 0. The molecule has 2 aromatic rings. The Labute approximate surface area is 110 Å². The van der Waals surface area contributed by atoms with Crippen molar-refractivity contribution in [3.05, 3.63) is 34.6 Å². The third kappa shape index (κ3) is 2.18. The number of ketones is 1. The molecule has 0 aliphatic rings. The van der Waals surface area contributed by atoms with Gasteiger partial charge in [-0.05, 0) is 6.42 Å². The van der Waals surface area contributed by atoms with Crippen LogP contribution >= 0.6 is 11.6 Å². The zero-order valence-corrected chi connectivity index (χ0v) is 11.4. The fourth-order valence-corrected chi connectivity index (χ4v) is 2.24. The van der Waals surface area contributed by atoms with E-state index >= 15 is 0 Å². The normalized spacial score (nSPS) is 10.9. The lowest BCUT2D eigenvalue weighted by atomic mass is 10.2. The van der Waals surface area contributed by atoms with E-state index in [0.717, 1.165) is 17.8 Å². The molecule has 0 aromatic carbocycles. The predicted molar refractivity (Wildman–Crippen MR) is 68.8 cm³/mol. The Kier molecular flexibility index (Phi) is 3.52. The first-order valence-electron chi connectivity index (χ1n) is 5.75. The summed E-state index contributed by atoms with van der Waals surface area (Å²) in [5.74, 6) is 0.375. The summed E-state index contributed by atoms with van der Waals surface area (Å²) in [6.07, 6.45) is 4.32. The molecule has 2 rings (SSSR count). The number of halogens is 1. The molecule has 6 heteroatoms. The van der Waals surface area contributed by atoms with E-state index < -0.39 is 0 Å². The molecule has 0 radical (unpaired) electrons. The molecule has 0 fully saturated rings. The number of Topliss-reactive ketones (excluding diaryl/α,β-unsaturated/α-hetero) is 1. The van der Waals surface area contributed by atoms with Crippen LogP contribution in [-0.4, -0.2) is 25.1 Å². The van der Waals surface area contributed by atoms with Crippen LogP contribution in [0.15, 0.2) is 12.4 Å². The number of aromatic nitrogens is 4. The highest BCUT2D eigenvalue weighted by Gasteiger charge is 2.19. The average molecular weight is 267 g/mol. The Hall–Kier alpha value is -1.62. The summed E-state index contributed by atoms with van der Waals surface area (Å²) >= 11 is 6.21. The van der Waals surface area contributed by atoms with E-state index in [0.29, 0.717) is 10.8 Å². The summed E-state index contributed by atoms with van der Waals surface area (Å²) in [6, 6.07) is 0. The first-order valence-corrected chi connectivity index (χ1v) is 6.13. The van der Waals surface area contributed by atoms with Gasteiger partial charge in [0, 0.05) is 26.5 Å². The maximum Gasteiger partial charge on any atom is 0.204 e. The van der Waals surface area contributed by atoms with Crippen molar-refractivity contribution in [2.45, 2.75) is 19.8 Å². The zero-order valence-electron chi connectivity index (χ0n) is 10.6. The van der Waals surface area contributed by atoms with Crippen LogP contribution in [-0.2, 0) is 26.9 Å². The highest BCUT2D eigenvalue weighted by atomic mass is 35.5. The van der Waals surface area contributed by atoms with Crippen molar-refractivity contribution < 1.29 is 4.79 Å². The number of rotatable bonds is 4. The number of carbonyl (C=O) groups excluding carboxylic acids is 1. The molecule has 0 spiro atoms. The maximum atomic E-state index is 12.1. The first kappa shape index (κ1) is 12.8. The van der Waals surface area contributed by atoms with Crippen molar-refractivity contribution in [3.8, 4) is 0 Å². The van der Waals surface area contributed by atoms with E-state index in [-0.39, 0.29) is 12.2 Å². The van der Waals surface area contributed by atoms with E-state index in [4.69, 9.17) is 11.6 Å². The minimum atomic E-state index is -0.0601. The highest BCUT2D eigenvalue weighted by Crippen LogP contribution is 2.22. The SMILES string of the molecule is CCc1nn(C)c(CC(=O)c2nccn2C)c1Cl. The second-order valence-corrected chi connectivity index (χ2v) is 4.52. The van der Waals surface area contributed by atoms with Gasteiger partial charge in [-0.25, -0.2) is 4.98 Å². The topological polar surface area (TPSA) is 52.7 Å². The Morgan fingerprint density at radius 3 is 2.67 bits per heavy atom. The fourth-order valence-electron chi connectivity index (χ4n) is 1.88. The van der Waals surface area contributed by atoms with Crippen LogP contribution in [0.5, 0.6) is 0 Å². The molecule has 0 unspecified atom stereocenters. The molecule has 0 aliphatic heterocycles. The van der Waals surface area contributed by atoms with Gasteiger partial charge in [0.05, 0.1) is 22.8 Å². The van der Waals surface area contributed by atoms with Gasteiger partial charge in [0.15, 0.2) is 5.82 Å². The summed E-state index contributed by atoms with van der Waals surface area (Å²) in [5, 5.41) is 4.88. The van der Waals surface area contributed by atoms with Gasteiger partial charge in [-0.2, -0.15) is 5.10 Å². The molecule has 0 saturated carbocycles. The van der Waals surface area contributed by atoms with Crippen LogP contribution in [0.2, 0.25) is 5.02 Å². The van der Waals surface area contributed by atoms with Crippen molar-refractivity contribution in [1.29, 1.82) is 0 Å². The molecule has 18 heavy (non-hydrogen) atoms. The van der Waals surface area contributed by atoms with E-state index in [9.17, 15) is 4.79 Å². The summed E-state index contributed by atoms with van der Waals surface area (Å²) in [7, 11) is 3.59. The molecule has 0 aliphatic carbocycles. The molecule has 0 amide bonds. The second kappa shape index (κ2) is 4.94. The molecule has 0 saturated heterocycles. The van der Waals surface area contributed by atoms with E-state index in [2.05, 4.69) is 10.1 Å². The molecule has 0 bridgehead atoms. The summed E-state index contributed by atoms with van der Waals surface area (Å²) < 4.78 is 3.37.